The summed E-state index contributed by atoms with van der Waals surface area (Å²) in [5, 5.41) is 6.95. The van der Waals surface area contributed by atoms with Gasteiger partial charge in [0.15, 0.2) is 11.5 Å². The van der Waals surface area contributed by atoms with Gasteiger partial charge in [0.05, 0.1) is 13.3 Å². The summed E-state index contributed by atoms with van der Waals surface area (Å²) in [7, 11) is 1.58. The van der Waals surface area contributed by atoms with Crippen molar-refractivity contribution in [3.05, 3.63) is 107 Å². The van der Waals surface area contributed by atoms with Crippen LogP contribution in [0.5, 0.6) is 11.5 Å². The molecule has 1 N–H and O–H groups in total. The molecule has 0 unspecified atom stereocenters. The monoisotopic (exact) mass is 444 g/mol. The minimum Gasteiger partial charge on any atom is -0.493 e. The van der Waals surface area contributed by atoms with Crippen LogP contribution in [0.15, 0.2) is 90.0 Å². The third-order valence-corrected chi connectivity index (χ3v) is 5.13. The molecule has 0 aliphatic carbocycles. The summed E-state index contributed by atoms with van der Waals surface area (Å²) in [6, 6.07) is 26.5. The summed E-state index contributed by atoms with van der Waals surface area (Å²) in [6.07, 6.45) is 1.55. The van der Waals surface area contributed by atoms with E-state index in [2.05, 4.69) is 40.9 Å². The molecule has 0 spiro atoms. The van der Waals surface area contributed by atoms with Gasteiger partial charge in [0.25, 0.3) is 5.91 Å². The Morgan fingerprint density at radius 1 is 0.938 bits per heavy atom. The Morgan fingerprint density at radius 2 is 1.72 bits per heavy atom. The SMILES string of the molecule is COc1cc(/C=N\NC(=O)c2ccc(Cl)cc2)ccc1OCc1ccc2ccccc2c1. The molecule has 4 aromatic carbocycles. The highest BCUT2D eigenvalue weighted by Gasteiger charge is 2.07. The lowest BCUT2D eigenvalue weighted by atomic mass is 10.1. The van der Waals surface area contributed by atoms with Gasteiger partial charge in [-0.15, -0.1) is 0 Å². The second-order valence-electron chi connectivity index (χ2n) is 7.09. The maximum absolute atomic E-state index is 12.1. The number of nitrogens with one attached hydrogen (secondary N) is 1. The second kappa shape index (κ2) is 9.98. The quantitative estimate of drug-likeness (QED) is 0.287. The zero-order valence-electron chi connectivity index (χ0n) is 17.4. The van der Waals surface area contributed by atoms with E-state index in [9.17, 15) is 4.79 Å². The number of carbonyl (C=O) groups is 1. The number of hydrogen-bond acceptors (Lipinski definition) is 4. The van der Waals surface area contributed by atoms with Gasteiger partial charge in [-0.2, -0.15) is 5.10 Å². The summed E-state index contributed by atoms with van der Waals surface area (Å²) < 4.78 is 11.4. The summed E-state index contributed by atoms with van der Waals surface area (Å²) >= 11 is 5.84. The normalized spacial score (nSPS) is 10.9. The van der Waals surface area contributed by atoms with Crippen LogP contribution in [-0.2, 0) is 6.61 Å². The lowest BCUT2D eigenvalue weighted by Gasteiger charge is -2.12. The Labute approximate surface area is 191 Å². The fourth-order valence-electron chi connectivity index (χ4n) is 3.20. The average molecular weight is 445 g/mol. The maximum atomic E-state index is 12.1. The number of hydrogen-bond donors (Lipinski definition) is 1. The molecular formula is C26H21ClN2O3. The first-order valence-corrected chi connectivity index (χ1v) is 10.4. The van der Waals surface area contributed by atoms with E-state index in [1.54, 1.807) is 43.7 Å². The molecule has 0 aliphatic heterocycles. The largest absolute Gasteiger partial charge is 0.493 e. The van der Waals surface area contributed by atoms with Crippen molar-refractivity contribution in [3.8, 4) is 11.5 Å². The summed E-state index contributed by atoms with van der Waals surface area (Å²) in [6.45, 7) is 0.422. The lowest BCUT2D eigenvalue weighted by Crippen LogP contribution is -2.17. The Kier molecular flexibility index (Phi) is 6.68. The summed E-state index contributed by atoms with van der Waals surface area (Å²) in [4.78, 5) is 12.1. The van der Waals surface area contributed by atoms with Crippen molar-refractivity contribution in [1.29, 1.82) is 0 Å². The van der Waals surface area contributed by atoms with Crippen LogP contribution < -0.4 is 14.9 Å². The van der Waals surface area contributed by atoms with Gasteiger partial charge in [-0.25, -0.2) is 5.43 Å². The molecule has 0 fully saturated rings. The first-order chi connectivity index (χ1) is 15.6. The molecule has 0 bridgehead atoms. The molecule has 160 valence electrons. The molecule has 0 heterocycles. The van der Waals surface area contributed by atoms with Gasteiger partial charge in [-0.05, 0) is 70.4 Å². The molecule has 1 amide bonds. The minimum atomic E-state index is -0.319. The van der Waals surface area contributed by atoms with Crippen molar-refractivity contribution in [2.24, 2.45) is 5.10 Å². The van der Waals surface area contributed by atoms with E-state index in [0.717, 1.165) is 11.1 Å². The molecule has 0 radical (unpaired) electrons. The first kappa shape index (κ1) is 21.4. The van der Waals surface area contributed by atoms with Crippen LogP contribution in [0.3, 0.4) is 0 Å². The highest BCUT2D eigenvalue weighted by molar-refractivity contribution is 6.30. The standard InChI is InChI=1S/C26H21ClN2O3/c1-31-25-15-18(16-28-29-26(30)21-9-11-23(27)12-10-21)7-13-24(25)32-17-19-6-8-20-4-2-3-5-22(20)14-19/h2-16H,17H2,1H3,(H,29,30)/b28-16-. The van der Waals surface area contributed by atoms with Crippen LogP contribution in [0.1, 0.15) is 21.5 Å². The summed E-state index contributed by atoms with van der Waals surface area (Å²) in [5.74, 6) is 0.891. The van der Waals surface area contributed by atoms with Crippen LogP contribution >= 0.6 is 11.6 Å². The van der Waals surface area contributed by atoms with Gasteiger partial charge in [-0.1, -0.05) is 48.0 Å². The van der Waals surface area contributed by atoms with Crippen molar-refractivity contribution in [2.75, 3.05) is 7.11 Å². The molecule has 32 heavy (non-hydrogen) atoms. The number of nitrogens with zero attached hydrogens (tertiary/aromatic N) is 1. The molecule has 0 saturated carbocycles. The number of amides is 1. The van der Waals surface area contributed by atoms with E-state index in [0.29, 0.717) is 28.7 Å². The van der Waals surface area contributed by atoms with E-state index >= 15 is 0 Å². The fourth-order valence-corrected chi connectivity index (χ4v) is 3.33. The van der Waals surface area contributed by atoms with Crippen molar-refractivity contribution >= 4 is 34.5 Å². The van der Waals surface area contributed by atoms with Crippen molar-refractivity contribution in [2.45, 2.75) is 6.61 Å². The van der Waals surface area contributed by atoms with E-state index in [4.69, 9.17) is 21.1 Å². The Balaban J connectivity index is 1.39. The number of rotatable bonds is 7. The van der Waals surface area contributed by atoms with Crippen LogP contribution in [0.2, 0.25) is 5.02 Å². The zero-order chi connectivity index (χ0) is 22.3. The zero-order valence-corrected chi connectivity index (χ0v) is 18.2. The van der Waals surface area contributed by atoms with Crippen LogP contribution in [0.25, 0.3) is 10.8 Å². The molecule has 4 aromatic rings. The third-order valence-electron chi connectivity index (χ3n) is 4.88. The number of benzene rings is 4. The summed E-state index contributed by atoms with van der Waals surface area (Å²) in [5.41, 5.74) is 4.80. The molecule has 0 aliphatic rings. The first-order valence-electron chi connectivity index (χ1n) is 10.00. The fraction of sp³-hybridized carbons (Fsp3) is 0.0769. The number of halogens is 1. The molecule has 6 heteroatoms. The molecule has 0 saturated heterocycles. The number of hydrazone groups is 1. The maximum Gasteiger partial charge on any atom is 0.271 e. The Morgan fingerprint density at radius 3 is 2.50 bits per heavy atom. The Hall–Kier alpha value is -3.83. The predicted molar refractivity (Wildman–Crippen MR) is 128 cm³/mol. The lowest BCUT2D eigenvalue weighted by molar-refractivity contribution is 0.0955. The van der Waals surface area contributed by atoms with Crippen molar-refractivity contribution in [3.63, 3.8) is 0 Å². The third kappa shape index (κ3) is 5.25. The van der Waals surface area contributed by atoms with Gasteiger partial charge in [-0.3, -0.25) is 4.79 Å². The van der Waals surface area contributed by atoms with Gasteiger partial charge < -0.3 is 9.47 Å². The number of fused-ring (bicyclic) bond motifs is 1. The van der Waals surface area contributed by atoms with E-state index in [-0.39, 0.29) is 5.91 Å². The molecule has 0 aromatic heterocycles. The topological polar surface area (TPSA) is 59.9 Å². The molecule has 5 nitrogen and oxygen atoms in total. The number of methoxy groups -OCH3 is 1. The molecular weight excluding hydrogens is 424 g/mol. The van der Waals surface area contributed by atoms with Crippen molar-refractivity contribution in [1.82, 2.24) is 5.43 Å². The van der Waals surface area contributed by atoms with Gasteiger partial charge in [0, 0.05) is 10.6 Å². The van der Waals surface area contributed by atoms with Gasteiger partial charge in [0.2, 0.25) is 0 Å². The van der Waals surface area contributed by atoms with E-state index < -0.39 is 0 Å². The highest BCUT2D eigenvalue weighted by Crippen LogP contribution is 2.28. The second-order valence-corrected chi connectivity index (χ2v) is 7.52. The van der Waals surface area contributed by atoms with E-state index in [1.165, 1.54) is 10.8 Å². The Bertz CT molecular complexity index is 1270. The number of carbonyl (C=O) groups excluding carboxylic acids is 1. The van der Waals surface area contributed by atoms with Gasteiger partial charge in [0.1, 0.15) is 6.61 Å². The van der Waals surface area contributed by atoms with E-state index in [1.807, 2.05) is 24.3 Å². The predicted octanol–water partition coefficient (Wildman–Crippen LogP) is 5.84. The number of ether oxygens (including phenoxy) is 2. The smallest absolute Gasteiger partial charge is 0.271 e. The van der Waals surface area contributed by atoms with Crippen LogP contribution in [-0.4, -0.2) is 19.2 Å². The van der Waals surface area contributed by atoms with Crippen molar-refractivity contribution < 1.29 is 14.3 Å². The van der Waals surface area contributed by atoms with Crippen LogP contribution in [0, 0.1) is 0 Å². The van der Waals surface area contributed by atoms with Crippen LogP contribution in [0.4, 0.5) is 0 Å². The molecule has 0 atom stereocenters. The minimum absolute atomic E-state index is 0.319. The highest BCUT2D eigenvalue weighted by atomic mass is 35.5. The molecule has 4 rings (SSSR count). The average Bonchev–Trinajstić information content (AvgIpc) is 2.83. The van der Waals surface area contributed by atoms with Gasteiger partial charge >= 0.3 is 0 Å².